The molecule has 2 aromatic rings. The van der Waals surface area contributed by atoms with E-state index in [1.54, 1.807) is 12.1 Å². The van der Waals surface area contributed by atoms with Crippen LogP contribution in [0.4, 0.5) is 5.69 Å². The molecule has 0 aliphatic rings. The third kappa shape index (κ3) is 4.83. The van der Waals surface area contributed by atoms with Crippen molar-refractivity contribution in [3.05, 3.63) is 59.2 Å². The minimum absolute atomic E-state index is 0.0231. The van der Waals surface area contributed by atoms with E-state index in [9.17, 15) is 9.90 Å². The second kappa shape index (κ2) is 8.67. The molecule has 2 aromatic carbocycles. The van der Waals surface area contributed by atoms with Crippen molar-refractivity contribution in [2.24, 2.45) is 0 Å². The Morgan fingerprint density at radius 1 is 1.12 bits per heavy atom. The van der Waals surface area contributed by atoms with Gasteiger partial charge in [-0.25, -0.2) is 0 Å². The molecule has 0 aliphatic carbocycles. The second-order valence-electron chi connectivity index (χ2n) is 6.39. The van der Waals surface area contributed by atoms with Crippen molar-refractivity contribution in [2.45, 2.75) is 39.7 Å². The van der Waals surface area contributed by atoms with E-state index in [4.69, 9.17) is 0 Å². The number of hydrogen-bond donors (Lipinski definition) is 2. The first-order chi connectivity index (χ1) is 12.0. The smallest absolute Gasteiger partial charge is 0.238 e. The lowest BCUT2D eigenvalue weighted by molar-refractivity contribution is -0.117. The summed E-state index contributed by atoms with van der Waals surface area (Å²) in [4.78, 5) is 14.5. The molecule has 0 fully saturated rings. The fourth-order valence-electron chi connectivity index (χ4n) is 2.98. The fraction of sp³-hybridized carbons (Fsp3) is 0.381. The van der Waals surface area contributed by atoms with Gasteiger partial charge in [0.05, 0.1) is 6.54 Å². The lowest BCUT2D eigenvalue weighted by Crippen LogP contribution is -2.32. The molecule has 2 rings (SSSR count). The number of aromatic hydroxyl groups is 1. The Kier molecular flexibility index (Phi) is 6.59. The maximum Gasteiger partial charge on any atom is 0.238 e. The first kappa shape index (κ1) is 19.0. The summed E-state index contributed by atoms with van der Waals surface area (Å²) in [7, 11) is 1.92. The predicted octanol–water partition coefficient (Wildman–Crippen LogP) is 4.15. The highest BCUT2D eigenvalue weighted by molar-refractivity contribution is 5.93. The molecule has 4 heteroatoms. The van der Waals surface area contributed by atoms with Gasteiger partial charge < -0.3 is 10.4 Å². The van der Waals surface area contributed by atoms with E-state index in [2.05, 4.69) is 31.3 Å². The lowest BCUT2D eigenvalue weighted by atomic mass is 10.0. The number of benzene rings is 2. The summed E-state index contributed by atoms with van der Waals surface area (Å²) in [6.45, 7) is 6.51. The van der Waals surface area contributed by atoms with Gasteiger partial charge in [-0.05, 0) is 55.6 Å². The number of anilines is 1. The van der Waals surface area contributed by atoms with Gasteiger partial charge in [0.25, 0.3) is 0 Å². The van der Waals surface area contributed by atoms with Gasteiger partial charge in [-0.15, -0.1) is 0 Å². The van der Waals surface area contributed by atoms with Crippen LogP contribution < -0.4 is 5.32 Å². The number of hydrogen-bond acceptors (Lipinski definition) is 3. The molecule has 0 saturated carbocycles. The van der Waals surface area contributed by atoms with E-state index < -0.39 is 0 Å². The van der Waals surface area contributed by atoms with Crippen LogP contribution in [0.3, 0.4) is 0 Å². The van der Waals surface area contributed by atoms with Crippen LogP contribution in [0.2, 0.25) is 0 Å². The van der Waals surface area contributed by atoms with Gasteiger partial charge in [-0.3, -0.25) is 9.69 Å². The normalized spacial score (nSPS) is 12.2. The summed E-state index contributed by atoms with van der Waals surface area (Å²) in [5, 5.41) is 12.7. The number of carbonyl (C=O) groups is 1. The Morgan fingerprint density at radius 2 is 1.72 bits per heavy atom. The number of nitrogens with zero attached hydrogens (tertiary/aromatic N) is 1. The first-order valence-corrected chi connectivity index (χ1v) is 8.86. The van der Waals surface area contributed by atoms with Gasteiger partial charge in [0.15, 0.2) is 0 Å². The van der Waals surface area contributed by atoms with Crippen LogP contribution in [0, 0.1) is 0 Å². The highest BCUT2D eigenvalue weighted by Gasteiger charge is 2.17. The number of para-hydroxylation sites is 1. The van der Waals surface area contributed by atoms with E-state index in [1.165, 1.54) is 0 Å². The summed E-state index contributed by atoms with van der Waals surface area (Å²) in [5.74, 6) is 0.219. The first-order valence-electron chi connectivity index (χ1n) is 8.86. The number of phenolic OH excluding ortho intramolecular Hbond substituents is 1. The van der Waals surface area contributed by atoms with Crippen LogP contribution in [-0.4, -0.2) is 29.5 Å². The number of nitrogens with one attached hydrogen (secondary N) is 1. The Hall–Kier alpha value is -2.33. The van der Waals surface area contributed by atoms with Crippen LogP contribution in [0.25, 0.3) is 0 Å². The van der Waals surface area contributed by atoms with Gasteiger partial charge in [-0.1, -0.05) is 44.2 Å². The van der Waals surface area contributed by atoms with E-state index >= 15 is 0 Å². The molecule has 1 atom stereocenters. The van der Waals surface area contributed by atoms with Crippen LogP contribution in [-0.2, 0) is 17.6 Å². The minimum atomic E-state index is -0.0231. The molecule has 0 spiro atoms. The molecule has 0 bridgehead atoms. The molecule has 0 aliphatic heterocycles. The van der Waals surface area contributed by atoms with Gasteiger partial charge in [-0.2, -0.15) is 0 Å². The SMILES string of the molecule is CCc1cccc(CC)c1NC(=O)CN(C)[C@H](C)c1cccc(O)c1. The average molecular weight is 340 g/mol. The molecular formula is C21H28N2O2. The third-order valence-corrected chi connectivity index (χ3v) is 4.67. The molecule has 4 nitrogen and oxygen atoms in total. The number of amides is 1. The van der Waals surface area contributed by atoms with Gasteiger partial charge in [0, 0.05) is 11.7 Å². The maximum atomic E-state index is 12.6. The molecule has 134 valence electrons. The van der Waals surface area contributed by atoms with Crippen molar-refractivity contribution in [1.29, 1.82) is 0 Å². The molecule has 0 heterocycles. The standard InChI is InChI=1S/C21H28N2O2/c1-5-16-9-7-10-17(6-2)21(16)22-20(25)14-23(4)15(3)18-11-8-12-19(24)13-18/h7-13,15,24H,5-6,14H2,1-4H3,(H,22,25)/t15-/m1/s1. The van der Waals surface area contributed by atoms with E-state index in [1.807, 2.05) is 37.1 Å². The van der Waals surface area contributed by atoms with Crippen molar-refractivity contribution in [3.63, 3.8) is 0 Å². The summed E-state index contributed by atoms with van der Waals surface area (Å²) < 4.78 is 0. The summed E-state index contributed by atoms with van der Waals surface area (Å²) in [6, 6.07) is 13.4. The minimum Gasteiger partial charge on any atom is -0.508 e. The van der Waals surface area contributed by atoms with Gasteiger partial charge in [0.2, 0.25) is 5.91 Å². The van der Waals surface area contributed by atoms with E-state index in [-0.39, 0.29) is 24.2 Å². The number of carbonyl (C=O) groups excluding carboxylic acids is 1. The molecule has 1 amide bonds. The van der Waals surface area contributed by atoms with Crippen LogP contribution in [0.1, 0.15) is 43.5 Å². The van der Waals surface area contributed by atoms with Crippen molar-refractivity contribution in [3.8, 4) is 5.75 Å². The highest BCUT2D eigenvalue weighted by atomic mass is 16.3. The zero-order valence-corrected chi connectivity index (χ0v) is 15.5. The summed E-state index contributed by atoms with van der Waals surface area (Å²) in [5.41, 5.74) is 4.27. The number of phenols is 1. The van der Waals surface area contributed by atoms with Crippen LogP contribution >= 0.6 is 0 Å². The molecule has 0 aromatic heterocycles. The van der Waals surface area contributed by atoms with Crippen molar-refractivity contribution in [1.82, 2.24) is 4.90 Å². The third-order valence-electron chi connectivity index (χ3n) is 4.67. The van der Waals surface area contributed by atoms with Crippen molar-refractivity contribution in [2.75, 3.05) is 18.9 Å². The van der Waals surface area contributed by atoms with E-state index in [0.717, 1.165) is 35.2 Å². The maximum absolute atomic E-state index is 12.6. The van der Waals surface area contributed by atoms with Gasteiger partial charge >= 0.3 is 0 Å². The van der Waals surface area contributed by atoms with Crippen molar-refractivity contribution >= 4 is 11.6 Å². The Balaban J connectivity index is 2.07. The molecule has 25 heavy (non-hydrogen) atoms. The number of likely N-dealkylation sites (N-methyl/N-ethyl adjacent to an activating group) is 1. The Morgan fingerprint density at radius 3 is 2.28 bits per heavy atom. The Labute approximate surface area is 150 Å². The molecule has 0 unspecified atom stereocenters. The zero-order chi connectivity index (χ0) is 18.4. The summed E-state index contributed by atoms with van der Waals surface area (Å²) in [6.07, 6.45) is 1.78. The number of rotatable bonds is 7. The Bertz CT molecular complexity index is 705. The molecular weight excluding hydrogens is 312 g/mol. The zero-order valence-electron chi connectivity index (χ0n) is 15.5. The predicted molar refractivity (Wildman–Crippen MR) is 103 cm³/mol. The van der Waals surface area contributed by atoms with Crippen LogP contribution in [0.5, 0.6) is 5.75 Å². The topological polar surface area (TPSA) is 52.6 Å². The van der Waals surface area contributed by atoms with E-state index in [0.29, 0.717) is 0 Å². The van der Waals surface area contributed by atoms with Gasteiger partial charge in [0.1, 0.15) is 5.75 Å². The van der Waals surface area contributed by atoms with Crippen LogP contribution in [0.15, 0.2) is 42.5 Å². The molecule has 0 radical (unpaired) electrons. The second-order valence-corrected chi connectivity index (χ2v) is 6.39. The number of aryl methyl sites for hydroxylation is 2. The average Bonchev–Trinajstić information content (AvgIpc) is 2.61. The summed E-state index contributed by atoms with van der Waals surface area (Å²) >= 11 is 0. The lowest BCUT2D eigenvalue weighted by Gasteiger charge is -2.25. The molecule has 2 N–H and O–H groups in total. The molecule has 0 saturated heterocycles. The quantitative estimate of drug-likeness (QED) is 0.796. The monoisotopic (exact) mass is 340 g/mol. The highest BCUT2D eigenvalue weighted by Crippen LogP contribution is 2.24. The van der Waals surface area contributed by atoms with Crippen molar-refractivity contribution < 1.29 is 9.90 Å². The largest absolute Gasteiger partial charge is 0.508 e. The fourth-order valence-corrected chi connectivity index (χ4v) is 2.98.